The minimum Gasteiger partial charge on any atom is -0.488 e. The number of anilines is 1. The predicted octanol–water partition coefficient (Wildman–Crippen LogP) is 2.73. The van der Waals surface area contributed by atoms with Crippen molar-refractivity contribution in [2.24, 2.45) is 0 Å². The Morgan fingerprint density at radius 2 is 2.19 bits per heavy atom. The van der Waals surface area contributed by atoms with Crippen molar-refractivity contribution >= 4 is 28.7 Å². The molecule has 1 aliphatic heterocycles. The number of ether oxygens (including phenoxy) is 1. The molecule has 158 valence electrons. The molecule has 8 nitrogen and oxygen atoms in total. The summed E-state index contributed by atoms with van der Waals surface area (Å²) in [6.45, 7) is 5.28. The molecule has 0 aliphatic carbocycles. The number of aromatic nitrogens is 3. The van der Waals surface area contributed by atoms with Gasteiger partial charge in [0.25, 0.3) is 11.8 Å². The highest BCUT2D eigenvalue weighted by atomic mass is 19.1. The predicted molar refractivity (Wildman–Crippen MR) is 109 cm³/mol. The number of allylic oxidation sites excluding steroid dienone is 3. The number of carbonyl (C=O) groups is 2. The number of rotatable bonds is 4. The van der Waals surface area contributed by atoms with Crippen LogP contribution in [0.15, 0.2) is 49.1 Å². The smallest absolute Gasteiger partial charge is 0.291 e. The minimum atomic E-state index is -1.17. The van der Waals surface area contributed by atoms with Crippen molar-refractivity contribution in [3.05, 3.63) is 72.2 Å². The number of benzene rings is 1. The van der Waals surface area contributed by atoms with Gasteiger partial charge in [0, 0.05) is 12.1 Å². The molecule has 4 rings (SSSR count). The molecule has 0 spiro atoms. The van der Waals surface area contributed by atoms with Gasteiger partial charge in [-0.1, -0.05) is 24.8 Å². The molecule has 2 aromatic heterocycles. The lowest BCUT2D eigenvalue weighted by Gasteiger charge is -2.13. The molecule has 1 atom stereocenters. The molecule has 1 aromatic carbocycles. The van der Waals surface area contributed by atoms with E-state index in [0.29, 0.717) is 17.4 Å². The number of hydrogen-bond acceptors (Lipinski definition) is 5. The maximum atomic E-state index is 14.0. The molecule has 3 heterocycles. The zero-order valence-electron chi connectivity index (χ0n) is 16.4. The molecular formula is C21H17F2N5O3. The van der Waals surface area contributed by atoms with Crippen LogP contribution in [-0.2, 0) is 4.79 Å². The van der Waals surface area contributed by atoms with Crippen LogP contribution < -0.4 is 15.4 Å². The van der Waals surface area contributed by atoms with E-state index in [1.807, 2.05) is 13.0 Å². The average molecular weight is 425 g/mol. The van der Waals surface area contributed by atoms with Crippen molar-refractivity contribution in [2.45, 2.75) is 13.0 Å². The molecule has 0 fully saturated rings. The Balaban J connectivity index is 1.58. The standard InChI is InChI=1S/C21H17F2N5O3/c1-3-11(4-2)15-6-5-7-17-25-19(27-28(15)17)21(30)24-14-10-31-16-9-12(22)8-13(23)18(16)26-20(14)29/h3-9,14H,1,10H2,2H3,(H,24,30)(H,26,29)/b11-4+/t14-/m0/s1. The first-order chi connectivity index (χ1) is 14.9. The van der Waals surface area contributed by atoms with Crippen LogP contribution in [0.25, 0.3) is 11.2 Å². The number of carbonyl (C=O) groups excluding carboxylic acids is 2. The number of pyridine rings is 1. The van der Waals surface area contributed by atoms with Gasteiger partial charge >= 0.3 is 0 Å². The van der Waals surface area contributed by atoms with E-state index in [4.69, 9.17) is 4.74 Å². The Hall–Kier alpha value is -4.08. The van der Waals surface area contributed by atoms with Gasteiger partial charge in [0.2, 0.25) is 5.82 Å². The highest BCUT2D eigenvalue weighted by Crippen LogP contribution is 2.31. The largest absolute Gasteiger partial charge is 0.488 e. The Morgan fingerprint density at radius 1 is 1.39 bits per heavy atom. The summed E-state index contributed by atoms with van der Waals surface area (Å²) in [7, 11) is 0. The summed E-state index contributed by atoms with van der Waals surface area (Å²) in [4.78, 5) is 29.3. The summed E-state index contributed by atoms with van der Waals surface area (Å²) in [6.07, 6.45) is 3.50. The Morgan fingerprint density at radius 3 is 2.94 bits per heavy atom. The molecule has 3 aromatic rings. The number of amides is 2. The van der Waals surface area contributed by atoms with E-state index in [1.54, 1.807) is 24.3 Å². The van der Waals surface area contributed by atoms with Gasteiger partial charge < -0.3 is 15.4 Å². The highest BCUT2D eigenvalue weighted by molar-refractivity contribution is 6.01. The van der Waals surface area contributed by atoms with Gasteiger partial charge in [-0.25, -0.2) is 18.3 Å². The van der Waals surface area contributed by atoms with E-state index in [2.05, 4.69) is 27.3 Å². The quantitative estimate of drug-likeness (QED) is 0.627. The third kappa shape index (κ3) is 3.75. The topological polar surface area (TPSA) is 97.6 Å². The van der Waals surface area contributed by atoms with Crippen LogP contribution in [0.1, 0.15) is 23.2 Å². The second kappa shape index (κ2) is 7.98. The Kier molecular flexibility index (Phi) is 5.20. The monoisotopic (exact) mass is 425 g/mol. The van der Waals surface area contributed by atoms with Gasteiger partial charge in [0.15, 0.2) is 11.5 Å². The van der Waals surface area contributed by atoms with E-state index in [9.17, 15) is 18.4 Å². The first-order valence-corrected chi connectivity index (χ1v) is 9.29. The van der Waals surface area contributed by atoms with Crippen molar-refractivity contribution in [1.29, 1.82) is 0 Å². The Bertz CT molecular complexity index is 1250. The summed E-state index contributed by atoms with van der Waals surface area (Å²) in [5.74, 6) is -3.61. The highest BCUT2D eigenvalue weighted by Gasteiger charge is 2.30. The van der Waals surface area contributed by atoms with Gasteiger partial charge in [-0.15, -0.1) is 5.10 Å². The SMILES string of the molecule is C=C/C(=C\C)c1cccc2nc(C(=O)N[C@H]3COc4cc(F)cc(F)c4NC3=O)nn12. The molecule has 1 aliphatic rings. The van der Waals surface area contributed by atoms with Gasteiger partial charge in [-0.05, 0) is 24.6 Å². The van der Waals surface area contributed by atoms with Crippen molar-refractivity contribution in [3.63, 3.8) is 0 Å². The fraction of sp³-hybridized carbons (Fsp3) is 0.143. The number of nitrogens with zero attached hydrogens (tertiary/aromatic N) is 3. The van der Waals surface area contributed by atoms with E-state index in [0.717, 1.165) is 11.6 Å². The summed E-state index contributed by atoms with van der Waals surface area (Å²) in [5, 5.41) is 9.00. The second-order valence-corrected chi connectivity index (χ2v) is 6.65. The summed E-state index contributed by atoms with van der Waals surface area (Å²) in [6, 6.07) is 5.66. The van der Waals surface area contributed by atoms with Crippen LogP contribution in [0, 0.1) is 11.6 Å². The number of hydrogen-bond donors (Lipinski definition) is 2. The molecule has 0 bridgehead atoms. The molecule has 0 unspecified atom stereocenters. The van der Waals surface area contributed by atoms with Crippen molar-refractivity contribution < 1.29 is 23.1 Å². The summed E-state index contributed by atoms with van der Waals surface area (Å²) in [5.41, 5.74) is 1.62. The van der Waals surface area contributed by atoms with E-state index in [1.165, 1.54) is 4.52 Å². The van der Waals surface area contributed by atoms with Crippen LogP contribution in [0.4, 0.5) is 14.5 Å². The fourth-order valence-electron chi connectivity index (χ4n) is 3.16. The van der Waals surface area contributed by atoms with Crippen LogP contribution in [0.5, 0.6) is 5.75 Å². The summed E-state index contributed by atoms with van der Waals surface area (Å²) >= 11 is 0. The number of nitrogens with one attached hydrogen (secondary N) is 2. The minimum absolute atomic E-state index is 0.165. The molecule has 0 saturated carbocycles. The lowest BCUT2D eigenvalue weighted by Crippen LogP contribution is -2.46. The molecule has 2 amide bonds. The van der Waals surface area contributed by atoms with Gasteiger partial charge in [-0.3, -0.25) is 9.59 Å². The van der Waals surface area contributed by atoms with Gasteiger partial charge in [0.1, 0.15) is 29.9 Å². The van der Waals surface area contributed by atoms with Crippen LogP contribution in [-0.4, -0.2) is 39.1 Å². The lowest BCUT2D eigenvalue weighted by molar-refractivity contribution is -0.118. The van der Waals surface area contributed by atoms with Gasteiger partial charge in [-0.2, -0.15) is 0 Å². The van der Waals surface area contributed by atoms with Crippen LogP contribution >= 0.6 is 0 Å². The van der Waals surface area contributed by atoms with E-state index in [-0.39, 0.29) is 23.9 Å². The van der Waals surface area contributed by atoms with Gasteiger partial charge in [0.05, 0.1) is 5.69 Å². The van der Waals surface area contributed by atoms with Crippen molar-refractivity contribution in [2.75, 3.05) is 11.9 Å². The van der Waals surface area contributed by atoms with E-state index < -0.39 is 29.5 Å². The molecule has 10 heteroatoms. The molecule has 0 saturated heterocycles. The maximum Gasteiger partial charge on any atom is 0.291 e. The average Bonchev–Trinajstić information content (AvgIpc) is 3.12. The van der Waals surface area contributed by atoms with Crippen LogP contribution in [0.3, 0.4) is 0 Å². The summed E-state index contributed by atoms with van der Waals surface area (Å²) < 4.78 is 34.2. The van der Waals surface area contributed by atoms with E-state index >= 15 is 0 Å². The molecular weight excluding hydrogens is 408 g/mol. The third-order valence-corrected chi connectivity index (χ3v) is 4.68. The zero-order valence-corrected chi connectivity index (χ0v) is 16.4. The van der Waals surface area contributed by atoms with Crippen LogP contribution in [0.2, 0.25) is 0 Å². The molecule has 2 N–H and O–H groups in total. The first kappa shape index (κ1) is 20.2. The third-order valence-electron chi connectivity index (χ3n) is 4.68. The molecule has 0 radical (unpaired) electrons. The fourth-order valence-corrected chi connectivity index (χ4v) is 3.16. The molecule has 31 heavy (non-hydrogen) atoms. The Labute approximate surface area is 175 Å². The second-order valence-electron chi connectivity index (χ2n) is 6.65. The number of halogens is 2. The van der Waals surface area contributed by atoms with Crippen molar-refractivity contribution in [1.82, 2.24) is 19.9 Å². The first-order valence-electron chi connectivity index (χ1n) is 9.29. The van der Waals surface area contributed by atoms with Crippen molar-refractivity contribution in [3.8, 4) is 5.75 Å². The number of fused-ring (bicyclic) bond motifs is 2. The normalized spacial score (nSPS) is 16.2. The lowest BCUT2D eigenvalue weighted by atomic mass is 10.1. The maximum absolute atomic E-state index is 14.0. The zero-order chi connectivity index (χ0) is 22.1.